The van der Waals surface area contributed by atoms with Crippen LogP contribution in [0.25, 0.3) is 0 Å². The van der Waals surface area contributed by atoms with Crippen LogP contribution in [0.2, 0.25) is 0 Å². The molecular formula is C9H16N2O. The van der Waals surface area contributed by atoms with E-state index in [9.17, 15) is 4.79 Å². The van der Waals surface area contributed by atoms with Crippen LogP contribution in [-0.4, -0.2) is 25.0 Å². The SMILES string of the molecule is C=CCCNC(=O)CNC1CC1. The molecule has 0 heterocycles. The van der Waals surface area contributed by atoms with E-state index in [0.29, 0.717) is 19.1 Å². The van der Waals surface area contributed by atoms with Crippen molar-refractivity contribution in [2.75, 3.05) is 13.1 Å². The number of carbonyl (C=O) groups is 1. The van der Waals surface area contributed by atoms with E-state index < -0.39 is 0 Å². The molecule has 1 aliphatic carbocycles. The maximum absolute atomic E-state index is 11.0. The van der Waals surface area contributed by atoms with Crippen LogP contribution in [-0.2, 0) is 4.79 Å². The summed E-state index contributed by atoms with van der Waals surface area (Å²) in [4.78, 5) is 11.0. The zero-order valence-corrected chi connectivity index (χ0v) is 7.31. The van der Waals surface area contributed by atoms with Crippen molar-refractivity contribution < 1.29 is 4.79 Å². The van der Waals surface area contributed by atoms with Crippen LogP contribution < -0.4 is 10.6 Å². The largest absolute Gasteiger partial charge is 0.355 e. The molecule has 0 spiro atoms. The lowest BCUT2D eigenvalue weighted by atomic mass is 10.4. The Hall–Kier alpha value is -0.830. The minimum Gasteiger partial charge on any atom is -0.355 e. The molecule has 1 saturated carbocycles. The second-order valence-corrected chi connectivity index (χ2v) is 3.08. The van der Waals surface area contributed by atoms with Crippen LogP contribution in [0.3, 0.4) is 0 Å². The Morgan fingerprint density at radius 2 is 2.33 bits per heavy atom. The standard InChI is InChI=1S/C9H16N2O/c1-2-3-6-10-9(12)7-11-8-4-5-8/h2,8,11H,1,3-7H2,(H,10,12). The topological polar surface area (TPSA) is 41.1 Å². The molecule has 0 saturated heterocycles. The predicted molar refractivity (Wildman–Crippen MR) is 48.8 cm³/mol. The summed E-state index contributed by atoms with van der Waals surface area (Å²) in [5.74, 6) is 0.0868. The minimum atomic E-state index is 0.0868. The lowest BCUT2D eigenvalue weighted by Gasteiger charge is -2.03. The molecule has 1 aliphatic rings. The van der Waals surface area contributed by atoms with Gasteiger partial charge in [0.05, 0.1) is 6.54 Å². The molecule has 0 aliphatic heterocycles. The fraction of sp³-hybridized carbons (Fsp3) is 0.667. The summed E-state index contributed by atoms with van der Waals surface area (Å²) in [6.45, 7) is 4.74. The second kappa shape index (κ2) is 4.93. The van der Waals surface area contributed by atoms with Crippen LogP contribution in [0.4, 0.5) is 0 Å². The van der Waals surface area contributed by atoms with Gasteiger partial charge in [0, 0.05) is 12.6 Å². The van der Waals surface area contributed by atoms with Crippen molar-refractivity contribution in [3.63, 3.8) is 0 Å². The first kappa shape index (κ1) is 9.26. The Labute approximate surface area is 73.2 Å². The molecule has 0 unspecified atom stereocenters. The molecule has 0 atom stereocenters. The van der Waals surface area contributed by atoms with E-state index in [0.717, 1.165) is 6.42 Å². The molecule has 12 heavy (non-hydrogen) atoms. The second-order valence-electron chi connectivity index (χ2n) is 3.08. The van der Waals surface area contributed by atoms with Gasteiger partial charge >= 0.3 is 0 Å². The molecule has 1 fully saturated rings. The Bertz CT molecular complexity index is 164. The number of rotatable bonds is 6. The number of carbonyl (C=O) groups excluding carboxylic acids is 1. The van der Waals surface area contributed by atoms with Crippen LogP contribution in [0.5, 0.6) is 0 Å². The van der Waals surface area contributed by atoms with E-state index in [-0.39, 0.29) is 5.91 Å². The average molecular weight is 168 g/mol. The van der Waals surface area contributed by atoms with Gasteiger partial charge in [0.1, 0.15) is 0 Å². The van der Waals surface area contributed by atoms with Crippen molar-refractivity contribution in [3.8, 4) is 0 Å². The lowest BCUT2D eigenvalue weighted by molar-refractivity contribution is -0.120. The Morgan fingerprint density at radius 1 is 1.58 bits per heavy atom. The fourth-order valence-corrected chi connectivity index (χ4v) is 0.901. The maximum Gasteiger partial charge on any atom is 0.233 e. The van der Waals surface area contributed by atoms with Crippen molar-refractivity contribution in [1.29, 1.82) is 0 Å². The third kappa shape index (κ3) is 4.13. The monoisotopic (exact) mass is 168 g/mol. The van der Waals surface area contributed by atoms with Gasteiger partial charge in [-0.05, 0) is 19.3 Å². The van der Waals surface area contributed by atoms with Crippen LogP contribution >= 0.6 is 0 Å². The zero-order valence-electron chi connectivity index (χ0n) is 7.31. The van der Waals surface area contributed by atoms with Crippen molar-refractivity contribution in [2.24, 2.45) is 0 Å². The molecule has 0 bridgehead atoms. The average Bonchev–Trinajstić information content (AvgIpc) is 2.84. The smallest absolute Gasteiger partial charge is 0.233 e. The minimum absolute atomic E-state index is 0.0868. The van der Waals surface area contributed by atoms with Crippen LogP contribution in [0, 0.1) is 0 Å². The summed E-state index contributed by atoms with van der Waals surface area (Å²) < 4.78 is 0. The zero-order chi connectivity index (χ0) is 8.81. The van der Waals surface area contributed by atoms with Gasteiger partial charge in [0.2, 0.25) is 5.91 Å². The van der Waals surface area contributed by atoms with Crippen molar-refractivity contribution in [2.45, 2.75) is 25.3 Å². The van der Waals surface area contributed by atoms with Crippen LogP contribution in [0.1, 0.15) is 19.3 Å². The van der Waals surface area contributed by atoms with Gasteiger partial charge in [-0.25, -0.2) is 0 Å². The summed E-state index contributed by atoms with van der Waals surface area (Å²) in [6, 6.07) is 0.607. The van der Waals surface area contributed by atoms with Gasteiger partial charge in [-0.15, -0.1) is 6.58 Å². The predicted octanol–water partition coefficient (Wildman–Crippen LogP) is 0.431. The summed E-state index contributed by atoms with van der Waals surface area (Å²) >= 11 is 0. The molecule has 0 radical (unpaired) electrons. The molecular weight excluding hydrogens is 152 g/mol. The van der Waals surface area contributed by atoms with E-state index in [1.807, 2.05) is 0 Å². The Morgan fingerprint density at radius 3 is 2.92 bits per heavy atom. The first-order chi connectivity index (χ1) is 5.83. The molecule has 3 nitrogen and oxygen atoms in total. The highest BCUT2D eigenvalue weighted by Gasteiger charge is 2.20. The van der Waals surface area contributed by atoms with E-state index >= 15 is 0 Å². The molecule has 0 aromatic rings. The quantitative estimate of drug-likeness (QED) is 0.446. The van der Waals surface area contributed by atoms with E-state index in [2.05, 4.69) is 17.2 Å². The first-order valence-electron chi connectivity index (χ1n) is 4.44. The van der Waals surface area contributed by atoms with Gasteiger partial charge in [0.25, 0.3) is 0 Å². The molecule has 0 aromatic carbocycles. The van der Waals surface area contributed by atoms with Gasteiger partial charge < -0.3 is 10.6 Å². The highest BCUT2D eigenvalue weighted by atomic mass is 16.1. The molecule has 1 amide bonds. The lowest BCUT2D eigenvalue weighted by Crippen LogP contribution is -2.35. The van der Waals surface area contributed by atoms with Gasteiger partial charge in [-0.2, -0.15) is 0 Å². The van der Waals surface area contributed by atoms with Gasteiger partial charge in [-0.1, -0.05) is 6.08 Å². The molecule has 0 aromatic heterocycles. The highest BCUT2D eigenvalue weighted by molar-refractivity contribution is 5.78. The first-order valence-corrected chi connectivity index (χ1v) is 4.44. The third-order valence-corrected chi connectivity index (χ3v) is 1.80. The van der Waals surface area contributed by atoms with Crippen molar-refractivity contribution in [3.05, 3.63) is 12.7 Å². The summed E-state index contributed by atoms with van der Waals surface area (Å²) in [5.41, 5.74) is 0. The van der Waals surface area contributed by atoms with E-state index in [4.69, 9.17) is 0 Å². The summed E-state index contributed by atoms with van der Waals surface area (Å²) in [7, 11) is 0. The number of hydrogen-bond donors (Lipinski definition) is 2. The number of amides is 1. The van der Waals surface area contributed by atoms with Crippen LogP contribution in [0.15, 0.2) is 12.7 Å². The van der Waals surface area contributed by atoms with Gasteiger partial charge in [-0.3, -0.25) is 4.79 Å². The highest BCUT2D eigenvalue weighted by Crippen LogP contribution is 2.17. The number of hydrogen-bond acceptors (Lipinski definition) is 2. The van der Waals surface area contributed by atoms with E-state index in [1.54, 1.807) is 6.08 Å². The Balaban J connectivity index is 1.91. The third-order valence-electron chi connectivity index (χ3n) is 1.80. The molecule has 3 heteroatoms. The number of nitrogens with one attached hydrogen (secondary N) is 2. The van der Waals surface area contributed by atoms with Crippen molar-refractivity contribution in [1.82, 2.24) is 10.6 Å². The van der Waals surface area contributed by atoms with E-state index in [1.165, 1.54) is 12.8 Å². The summed E-state index contributed by atoms with van der Waals surface area (Å²) in [5, 5.41) is 5.94. The Kier molecular flexibility index (Phi) is 3.80. The maximum atomic E-state index is 11.0. The molecule has 1 rings (SSSR count). The van der Waals surface area contributed by atoms with Gasteiger partial charge in [0.15, 0.2) is 0 Å². The van der Waals surface area contributed by atoms with Crippen molar-refractivity contribution >= 4 is 5.91 Å². The molecule has 68 valence electrons. The summed E-state index contributed by atoms with van der Waals surface area (Å²) in [6.07, 6.45) is 5.09. The molecule has 2 N–H and O–H groups in total. The fourth-order valence-electron chi connectivity index (χ4n) is 0.901. The normalized spacial score (nSPS) is 15.7.